The zero-order chi connectivity index (χ0) is 29.2. The molecule has 1 aliphatic heterocycles. The van der Waals surface area contributed by atoms with Gasteiger partial charge in [0.25, 0.3) is 11.8 Å². The Bertz CT molecular complexity index is 1460. The first-order valence-electron chi connectivity index (χ1n) is 11.7. The van der Waals surface area contributed by atoms with E-state index in [9.17, 15) is 32.3 Å². The Hall–Kier alpha value is -3.61. The zero-order valence-corrected chi connectivity index (χ0v) is 22.1. The van der Waals surface area contributed by atoms with Gasteiger partial charge in [0, 0.05) is 24.1 Å². The molecule has 40 heavy (non-hydrogen) atoms. The number of aromatic nitrogens is 1. The minimum atomic E-state index is -5.28. The molecule has 2 aromatic carbocycles. The fourth-order valence-corrected chi connectivity index (χ4v) is 4.32. The van der Waals surface area contributed by atoms with E-state index in [1.807, 2.05) is 0 Å². The van der Waals surface area contributed by atoms with E-state index in [0.717, 1.165) is 30.3 Å². The molecule has 3 aromatic rings. The summed E-state index contributed by atoms with van der Waals surface area (Å²) < 4.78 is 67.0. The van der Waals surface area contributed by atoms with Crippen LogP contribution in [0.3, 0.4) is 0 Å². The number of benzene rings is 2. The quantitative estimate of drug-likeness (QED) is 0.324. The van der Waals surface area contributed by atoms with E-state index in [0.29, 0.717) is 13.0 Å². The second kappa shape index (κ2) is 11.5. The highest BCUT2D eigenvalue weighted by molar-refractivity contribution is 6.32. The molecule has 0 saturated carbocycles. The van der Waals surface area contributed by atoms with Crippen molar-refractivity contribution in [1.82, 2.24) is 15.6 Å². The molecule has 0 radical (unpaired) electrons. The third-order valence-electron chi connectivity index (χ3n) is 6.13. The van der Waals surface area contributed by atoms with Crippen LogP contribution in [0.4, 0.5) is 17.6 Å². The van der Waals surface area contributed by atoms with Crippen molar-refractivity contribution in [2.45, 2.75) is 24.3 Å². The van der Waals surface area contributed by atoms with E-state index in [1.165, 1.54) is 25.3 Å². The summed E-state index contributed by atoms with van der Waals surface area (Å²) in [6.07, 6.45) is -5.62. The number of pyridine rings is 1. The number of hydrogen-bond donors (Lipinski definition) is 3. The van der Waals surface area contributed by atoms with Gasteiger partial charge in [-0.1, -0.05) is 23.2 Å². The van der Waals surface area contributed by atoms with Crippen LogP contribution in [0.25, 0.3) is 11.3 Å². The van der Waals surface area contributed by atoms with E-state index in [-0.39, 0.29) is 44.3 Å². The maximum absolute atomic E-state index is 14.2. The fourth-order valence-electron chi connectivity index (χ4n) is 3.91. The van der Waals surface area contributed by atoms with Gasteiger partial charge in [-0.2, -0.15) is 13.2 Å². The third-order valence-corrected chi connectivity index (χ3v) is 6.72. The molecule has 0 spiro atoms. The van der Waals surface area contributed by atoms with Crippen LogP contribution in [0.5, 0.6) is 11.5 Å². The third kappa shape index (κ3) is 5.93. The second-order valence-corrected chi connectivity index (χ2v) is 9.56. The fraction of sp³-hybridized carbons (Fsp3) is 0.269. The van der Waals surface area contributed by atoms with Crippen LogP contribution in [-0.4, -0.2) is 54.4 Å². The number of halogens is 6. The lowest BCUT2D eigenvalue weighted by molar-refractivity contribution is -0.265. The van der Waals surface area contributed by atoms with E-state index in [1.54, 1.807) is 0 Å². The molecule has 2 atom stereocenters. The van der Waals surface area contributed by atoms with Crippen LogP contribution >= 0.6 is 23.2 Å². The maximum atomic E-state index is 14.2. The van der Waals surface area contributed by atoms with E-state index in [4.69, 9.17) is 32.7 Å². The topological polar surface area (TPSA) is 110 Å². The molecule has 3 N–H and O–H groups in total. The van der Waals surface area contributed by atoms with Gasteiger partial charge in [0.1, 0.15) is 23.0 Å². The molecule has 212 valence electrons. The Morgan fingerprint density at radius 1 is 1.12 bits per heavy atom. The molecule has 2 heterocycles. The van der Waals surface area contributed by atoms with Gasteiger partial charge in [-0.05, 0) is 48.5 Å². The van der Waals surface area contributed by atoms with Crippen molar-refractivity contribution < 1.29 is 41.7 Å². The molecule has 1 saturated heterocycles. The number of nitrogens with one attached hydrogen (secondary N) is 2. The summed E-state index contributed by atoms with van der Waals surface area (Å²) in [5, 5.41) is 15.1. The highest BCUT2D eigenvalue weighted by atomic mass is 35.5. The first kappa shape index (κ1) is 29.4. The summed E-state index contributed by atoms with van der Waals surface area (Å²) in [4.78, 5) is 28.4. The minimum Gasteiger partial charge on any atom is -0.494 e. The molecule has 0 aliphatic carbocycles. The normalized spacial score (nSPS) is 16.7. The molecule has 0 bridgehead atoms. The van der Waals surface area contributed by atoms with E-state index in [2.05, 4.69) is 15.6 Å². The van der Waals surface area contributed by atoms with Gasteiger partial charge in [0.2, 0.25) is 5.60 Å². The SMILES string of the molecule is COc1ccc(C(O)(CNC(=O)c2ccc(O[C@@H]3CCNC3=O)c(Cl)c2)C(F)(F)F)nc1-c1ccc(F)c(Cl)c1. The molecule has 2 amide bonds. The van der Waals surface area contributed by atoms with Crippen molar-refractivity contribution in [3.05, 3.63) is 75.7 Å². The predicted molar refractivity (Wildman–Crippen MR) is 137 cm³/mol. The van der Waals surface area contributed by atoms with Crippen LogP contribution in [0.15, 0.2) is 48.5 Å². The Kier molecular flexibility index (Phi) is 8.43. The summed E-state index contributed by atoms with van der Waals surface area (Å²) in [5.74, 6) is -1.90. The Labute approximate surface area is 235 Å². The summed E-state index contributed by atoms with van der Waals surface area (Å²) in [7, 11) is 1.26. The summed E-state index contributed by atoms with van der Waals surface area (Å²) in [5.41, 5.74) is -4.62. The maximum Gasteiger partial charge on any atom is 0.424 e. The molecular weight excluding hydrogens is 581 g/mol. The lowest BCUT2D eigenvalue weighted by Gasteiger charge is -2.30. The first-order valence-corrected chi connectivity index (χ1v) is 12.4. The first-order chi connectivity index (χ1) is 18.8. The van der Waals surface area contributed by atoms with Gasteiger partial charge in [-0.3, -0.25) is 9.59 Å². The van der Waals surface area contributed by atoms with Crippen molar-refractivity contribution >= 4 is 35.0 Å². The van der Waals surface area contributed by atoms with Crippen LogP contribution in [0.1, 0.15) is 22.5 Å². The van der Waals surface area contributed by atoms with Crippen LogP contribution in [0.2, 0.25) is 10.0 Å². The summed E-state index contributed by atoms with van der Waals surface area (Å²) >= 11 is 12.0. The second-order valence-electron chi connectivity index (χ2n) is 8.75. The lowest BCUT2D eigenvalue weighted by Crippen LogP contribution is -2.51. The van der Waals surface area contributed by atoms with Gasteiger partial charge >= 0.3 is 6.18 Å². The number of carbonyl (C=O) groups excluding carboxylic acids is 2. The molecular formula is C26H21Cl2F4N3O5. The average molecular weight is 602 g/mol. The number of rotatable bonds is 8. The Balaban J connectivity index is 1.58. The van der Waals surface area contributed by atoms with Crippen LogP contribution in [-0.2, 0) is 10.4 Å². The predicted octanol–water partition coefficient (Wildman–Crippen LogP) is 4.65. The average Bonchev–Trinajstić information content (AvgIpc) is 3.32. The highest BCUT2D eigenvalue weighted by Gasteiger charge is 2.56. The van der Waals surface area contributed by atoms with E-state index < -0.39 is 41.8 Å². The summed E-state index contributed by atoms with van der Waals surface area (Å²) in [6.45, 7) is -0.873. The number of ether oxygens (including phenoxy) is 2. The molecule has 4 rings (SSSR count). The minimum absolute atomic E-state index is 0.0343. The number of amides is 2. The molecule has 8 nitrogen and oxygen atoms in total. The number of aliphatic hydroxyl groups is 1. The van der Waals surface area contributed by atoms with E-state index >= 15 is 0 Å². The number of carbonyl (C=O) groups is 2. The van der Waals surface area contributed by atoms with Gasteiger partial charge in [0.15, 0.2) is 6.10 Å². The van der Waals surface area contributed by atoms with Crippen LogP contribution in [0, 0.1) is 5.82 Å². The molecule has 1 aliphatic rings. The number of alkyl halides is 3. The van der Waals surface area contributed by atoms with Gasteiger partial charge < -0.3 is 25.2 Å². The van der Waals surface area contributed by atoms with Crippen molar-refractivity contribution in [1.29, 1.82) is 0 Å². The Morgan fingerprint density at radius 2 is 1.85 bits per heavy atom. The van der Waals surface area contributed by atoms with Crippen molar-refractivity contribution in [3.63, 3.8) is 0 Å². The highest BCUT2D eigenvalue weighted by Crippen LogP contribution is 2.40. The molecule has 1 aromatic heterocycles. The number of methoxy groups -OCH3 is 1. The van der Waals surface area contributed by atoms with Gasteiger partial charge in [-0.15, -0.1) is 0 Å². The van der Waals surface area contributed by atoms with Crippen molar-refractivity contribution in [3.8, 4) is 22.8 Å². The van der Waals surface area contributed by atoms with Gasteiger partial charge in [0.05, 0.1) is 29.4 Å². The van der Waals surface area contributed by atoms with Gasteiger partial charge in [-0.25, -0.2) is 9.37 Å². The smallest absolute Gasteiger partial charge is 0.424 e. The van der Waals surface area contributed by atoms with Crippen molar-refractivity contribution in [2.75, 3.05) is 20.2 Å². The van der Waals surface area contributed by atoms with Crippen LogP contribution < -0.4 is 20.1 Å². The largest absolute Gasteiger partial charge is 0.494 e. The molecule has 1 fully saturated rings. The molecule has 14 heteroatoms. The standard InChI is InChI=1S/C26H21Cl2F4N3O5/c1-39-19-6-7-21(35-22(19)13-2-4-17(29)15(27)10-13)25(38,26(30,31)32)12-34-23(36)14-3-5-18(16(28)11-14)40-20-8-9-33-24(20)37/h2-7,10-11,20,38H,8-9,12H2,1H3,(H,33,37)(H,34,36)/t20-,25?/m1/s1. The Morgan fingerprint density at radius 3 is 2.45 bits per heavy atom. The number of hydrogen-bond acceptors (Lipinski definition) is 6. The van der Waals surface area contributed by atoms with Crippen molar-refractivity contribution in [2.24, 2.45) is 0 Å². The summed E-state index contributed by atoms with van der Waals surface area (Å²) in [6, 6.07) is 9.16. The lowest BCUT2D eigenvalue weighted by atomic mass is 9.96. The monoisotopic (exact) mass is 601 g/mol. The zero-order valence-electron chi connectivity index (χ0n) is 20.6. The number of nitrogens with zero attached hydrogens (tertiary/aromatic N) is 1. The molecule has 1 unspecified atom stereocenters.